The van der Waals surface area contributed by atoms with Crippen molar-refractivity contribution in [1.82, 2.24) is 10.2 Å². The fourth-order valence-electron chi connectivity index (χ4n) is 5.77. The molecule has 0 unspecified atom stereocenters. The van der Waals surface area contributed by atoms with E-state index >= 15 is 0 Å². The van der Waals surface area contributed by atoms with E-state index in [1.165, 1.54) is 62.4 Å². The van der Waals surface area contributed by atoms with Crippen molar-refractivity contribution in [2.45, 2.75) is 49.2 Å². The van der Waals surface area contributed by atoms with E-state index in [0.29, 0.717) is 16.8 Å². The van der Waals surface area contributed by atoms with Crippen LogP contribution in [0.15, 0.2) is 33.9 Å². The molecule has 1 aromatic heterocycles. The van der Waals surface area contributed by atoms with Crippen LogP contribution in [0, 0.1) is 27.9 Å². The molecule has 6 rings (SSSR count). The topological polar surface area (TPSA) is 94.1 Å². The molecule has 1 aromatic carbocycles. The zero-order valence-electron chi connectivity index (χ0n) is 15.0. The minimum atomic E-state index is -0.395. The molecule has 7 nitrogen and oxygen atoms in total. The number of hydrogen-bond acceptors (Lipinski definition) is 7. The van der Waals surface area contributed by atoms with Gasteiger partial charge in [0.25, 0.3) is 10.9 Å². The second kappa shape index (κ2) is 6.51. The van der Waals surface area contributed by atoms with Gasteiger partial charge in [-0.2, -0.15) is 0 Å². The highest BCUT2D eigenvalue weighted by molar-refractivity contribution is 7.99. The summed E-state index contributed by atoms with van der Waals surface area (Å²) in [7, 11) is 0. The van der Waals surface area contributed by atoms with Crippen molar-refractivity contribution in [3.8, 4) is 0 Å². The minimum absolute atomic E-state index is 0.0758. The summed E-state index contributed by atoms with van der Waals surface area (Å²) >= 11 is 1.43. The van der Waals surface area contributed by atoms with Gasteiger partial charge in [0.1, 0.15) is 0 Å². The standard InChI is InChI=1S/C19H22N4O3S/c24-23(25)16-3-1-2-15(7-16)20-11-27-18-22-21-17(26-18)19-8-12-4-13(9-19)6-14(5-12)10-19/h1-3,7,12-14,20H,4-6,8-11H2. The SMILES string of the molecule is O=[N+]([O-])c1cccc(NCSc2nnc(C34CC5CC(CC(C5)C3)C4)o2)c1. The van der Waals surface area contributed by atoms with Crippen LogP contribution >= 0.6 is 11.8 Å². The van der Waals surface area contributed by atoms with E-state index in [-0.39, 0.29) is 11.1 Å². The Kier molecular flexibility index (Phi) is 4.11. The predicted molar refractivity (Wildman–Crippen MR) is 102 cm³/mol. The van der Waals surface area contributed by atoms with E-state index in [0.717, 1.165) is 23.6 Å². The Labute approximate surface area is 161 Å². The number of nitro groups is 1. The first-order chi connectivity index (χ1) is 13.1. The maximum absolute atomic E-state index is 10.9. The van der Waals surface area contributed by atoms with E-state index in [1.54, 1.807) is 6.07 Å². The highest BCUT2D eigenvalue weighted by atomic mass is 32.2. The molecule has 0 amide bonds. The molecule has 4 aliphatic rings. The molecule has 4 aliphatic carbocycles. The summed E-state index contributed by atoms with van der Waals surface area (Å²) in [5, 5.41) is 23.2. The van der Waals surface area contributed by atoms with E-state index in [4.69, 9.17) is 4.42 Å². The van der Waals surface area contributed by atoms with Gasteiger partial charge in [-0.15, -0.1) is 10.2 Å². The molecule has 4 bridgehead atoms. The van der Waals surface area contributed by atoms with E-state index in [2.05, 4.69) is 15.5 Å². The van der Waals surface area contributed by atoms with Gasteiger partial charge in [-0.05, 0) is 74.1 Å². The molecule has 1 heterocycles. The Morgan fingerprint density at radius 2 is 1.89 bits per heavy atom. The molecule has 0 saturated heterocycles. The van der Waals surface area contributed by atoms with Gasteiger partial charge in [0, 0.05) is 23.2 Å². The largest absolute Gasteiger partial charge is 0.415 e. The quantitative estimate of drug-likeness (QED) is 0.335. The third-order valence-electron chi connectivity index (χ3n) is 6.43. The first kappa shape index (κ1) is 17.0. The van der Waals surface area contributed by atoms with Gasteiger partial charge >= 0.3 is 0 Å². The van der Waals surface area contributed by atoms with Crippen LogP contribution in [0.3, 0.4) is 0 Å². The van der Waals surface area contributed by atoms with Gasteiger partial charge in [0.05, 0.1) is 10.8 Å². The van der Waals surface area contributed by atoms with Gasteiger partial charge in [0.2, 0.25) is 5.89 Å². The van der Waals surface area contributed by atoms with Crippen molar-refractivity contribution < 1.29 is 9.34 Å². The van der Waals surface area contributed by atoms with Crippen LogP contribution in [-0.4, -0.2) is 21.0 Å². The Hall–Kier alpha value is -2.09. The molecule has 142 valence electrons. The molecule has 0 spiro atoms. The minimum Gasteiger partial charge on any atom is -0.415 e. The molecule has 0 aliphatic heterocycles. The van der Waals surface area contributed by atoms with Gasteiger partial charge in [-0.25, -0.2) is 0 Å². The zero-order chi connectivity index (χ0) is 18.4. The number of aromatic nitrogens is 2. The summed E-state index contributed by atoms with van der Waals surface area (Å²) in [5.41, 5.74) is 0.901. The second-order valence-corrected chi connectivity index (χ2v) is 9.27. The van der Waals surface area contributed by atoms with E-state index < -0.39 is 4.92 Å². The number of nitrogens with one attached hydrogen (secondary N) is 1. The number of benzene rings is 1. The molecule has 27 heavy (non-hydrogen) atoms. The number of rotatable bonds is 6. The fraction of sp³-hybridized carbons (Fsp3) is 0.579. The number of nitrogens with zero attached hydrogens (tertiary/aromatic N) is 3. The Morgan fingerprint density at radius 1 is 1.19 bits per heavy atom. The summed E-state index contributed by atoms with van der Waals surface area (Å²) in [5.74, 6) is 3.88. The normalized spacial score (nSPS) is 31.2. The maximum Gasteiger partial charge on any atom is 0.278 e. The third-order valence-corrected chi connectivity index (χ3v) is 7.13. The smallest absolute Gasteiger partial charge is 0.278 e. The van der Waals surface area contributed by atoms with Crippen LogP contribution in [0.1, 0.15) is 44.4 Å². The van der Waals surface area contributed by atoms with Crippen molar-refractivity contribution >= 4 is 23.1 Å². The molecule has 4 saturated carbocycles. The lowest BCUT2D eigenvalue weighted by molar-refractivity contribution is -0.384. The highest BCUT2D eigenvalue weighted by Gasteiger charge is 2.54. The molecular formula is C19H22N4O3S. The van der Waals surface area contributed by atoms with Crippen molar-refractivity contribution in [2.75, 3.05) is 11.2 Å². The van der Waals surface area contributed by atoms with Crippen LogP contribution in [-0.2, 0) is 5.41 Å². The first-order valence-electron chi connectivity index (χ1n) is 9.55. The van der Waals surface area contributed by atoms with Crippen LogP contribution in [0.25, 0.3) is 0 Å². The third kappa shape index (κ3) is 3.20. The van der Waals surface area contributed by atoms with Crippen molar-refractivity contribution in [3.63, 3.8) is 0 Å². The lowest BCUT2D eigenvalue weighted by atomic mass is 9.49. The first-order valence-corrected chi connectivity index (χ1v) is 10.5. The van der Waals surface area contributed by atoms with E-state index in [1.807, 2.05) is 6.07 Å². The molecular weight excluding hydrogens is 364 g/mol. The molecule has 0 radical (unpaired) electrons. The van der Waals surface area contributed by atoms with E-state index in [9.17, 15) is 10.1 Å². The Bertz CT molecular complexity index is 833. The van der Waals surface area contributed by atoms with Crippen molar-refractivity contribution in [1.29, 1.82) is 0 Å². The Balaban J connectivity index is 1.23. The van der Waals surface area contributed by atoms with Crippen molar-refractivity contribution in [3.05, 3.63) is 40.3 Å². The monoisotopic (exact) mass is 386 g/mol. The van der Waals surface area contributed by atoms with Crippen molar-refractivity contribution in [2.24, 2.45) is 17.8 Å². The lowest BCUT2D eigenvalue weighted by Crippen LogP contribution is -2.48. The Morgan fingerprint density at radius 3 is 2.56 bits per heavy atom. The number of anilines is 1. The number of non-ortho nitro benzene ring substituents is 1. The van der Waals surface area contributed by atoms with Crippen LogP contribution in [0.5, 0.6) is 0 Å². The fourth-order valence-corrected chi connectivity index (χ4v) is 6.36. The second-order valence-electron chi connectivity index (χ2n) is 8.34. The number of nitro benzene ring substituents is 1. The van der Waals surface area contributed by atoms with Crippen LogP contribution in [0.2, 0.25) is 0 Å². The van der Waals surface area contributed by atoms with Crippen LogP contribution < -0.4 is 5.32 Å². The predicted octanol–water partition coefficient (Wildman–Crippen LogP) is 4.61. The van der Waals surface area contributed by atoms with Gasteiger partial charge in [-0.1, -0.05) is 6.07 Å². The number of hydrogen-bond donors (Lipinski definition) is 1. The lowest BCUT2D eigenvalue weighted by Gasteiger charge is -2.55. The van der Waals surface area contributed by atoms with Gasteiger partial charge < -0.3 is 9.73 Å². The summed E-state index contributed by atoms with van der Waals surface area (Å²) in [6.45, 7) is 0. The van der Waals surface area contributed by atoms with Crippen LogP contribution in [0.4, 0.5) is 11.4 Å². The molecule has 4 fully saturated rings. The summed E-state index contributed by atoms with van der Waals surface area (Å²) in [4.78, 5) is 10.5. The highest BCUT2D eigenvalue weighted by Crippen LogP contribution is 2.60. The molecule has 8 heteroatoms. The van der Waals surface area contributed by atoms with Gasteiger partial charge in [-0.3, -0.25) is 10.1 Å². The maximum atomic E-state index is 10.9. The molecule has 2 aromatic rings. The molecule has 1 N–H and O–H groups in total. The average Bonchev–Trinajstić information content (AvgIpc) is 3.11. The zero-order valence-corrected chi connectivity index (χ0v) is 15.8. The summed E-state index contributed by atoms with van der Waals surface area (Å²) in [6.07, 6.45) is 7.79. The number of thioether (sulfide) groups is 1. The summed E-state index contributed by atoms with van der Waals surface area (Å²) < 4.78 is 6.06. The van der Waals surface area contributed by atoms with Gasteiger partial charge in [0.15, 0.2) is 0 Å². The molecule has 0 atom stereocenters. The average molecular weight is 386 g/mol. The summed E-state index contributed by atoms with van der Waals surface area (Å²) in [6, 6.07) is 6.48.